The van der Waals surface area contributed by atoms with E-state index in [0.29, 0.717) is 19.3 Å². The first-order valence-corrected chi connectivity index (χ1v) is 24.4. The summed E-state index contributed by atoms with van der Waals surface area (Å²) in [6.45, 7) is 9.00. The van der Waals surface area contributed by atoms with Gasteiger partial charge in [-0.05, 0) is 25.2 Å². The highest BCUT2D eigenvalue weighted by molar-refractivity contribution is 5.71. The molecule has 0 aliphatic rings. The molecular weight excluding hydrogens is 685 g/mol. The topological polar surface area (TPSA) is 78.9 Å². The maximum absolute atomic E-state index is 12.7. The van der Waals surface area contributed by atoms with Gasteiger partial charge in [0, 0.05) is 19.3 Å². The Hall–Kier alpha value is -1.59. The molecule has 1 atom stereocenters. The fourth-order valence-corrected chi connectivity index (χ4v) is 7.33. The van der Waals surface area contributed by atoms with E-state index in [9.17, 15) is 14.4 Å². The van der Waals surface area contributed by atoms with Crippen LogP contribution in [-0.4, -0.2) is 37.2 Å². The molecule has 0 aliphatic heterocycles. The summed E-state index contributed by atoms with van der Waals surface area (Å²) in [6.07, 6.45) is 43.7. The van der Waals surface area contributed by atoms with Crippen molar-refractivity contribution in [3.8, 4) is 0 Å². The average molecular weight is 779 g/mol. The molecule has 55 heavy (non-hydrogen) atoms. The Bertz CT molecular complexity index is 826. The van der Waals surface area contributed by atoms with Crippen LogP contribution in [0.4, 0.5) is 0 Å². The highest BCUT2D eigenvalue weighted by atomic mass is 16.6. The molecular formula is C49H94O6. The molecule has 0 unspecified atom stereocenters. The van der Waals surface area contributed by atoms with Gasteiger partial charge in [-0.25, -0.2) is 0 Å². The number of hydrogen-bond donors (Lipinski definition) is 0. The molecule has 0 aliphatic carbocycles. The first-order chi connectivity index (χ1) is 26.9. The lowest BCUT2D eigenvalue weighted by Gasteiger charge is -2.18. The van der Waals surface area contributed by atoms with Gasteiger partial charge in [0.05, 0.1) is 0 Å². The van der Waals surface area contributed by atoms with Gasteiger partial charge in [-0.2, -0.15) is 0 Å². The second-order valence-electron chi connectivity index (χ2n) is 17.2. The fraction of sp³-hybridized carbons (Fsp3) is 0.939. The van der Waals surface area contributed by atoms with Gasteiger partial charge in [0.2, 0.25) is 0 Å². The van der Waals surface area contributed by atoms with Crippen LogP contribution in [0.25, 0.3) is 0 Å². The van der Waals surface area contributed by atoms with Gasteiger partial charge in [-0.15, -0.1) is 0 Å². The molecule has 0 amide bonds. The van der Waals surface area contributed by atoms with E-state index in [1.54, 1.807) is 0 Å². The molecule has 0 rings (SSSR count). The molecule has 0 spiro atoms. The van der Waals surface area contributed by atoms with Crippen molar-refractivity contribution < 1.29 is 28.6 Å². The van der Waals surface area contributed by atoms with E-state index in [-0.39, 0.29) is 31.1 Å². The van der Waals surface area contributed by atoms with E-state index >= 15 is 0 Å². The largest absolute Gasteiger partial charge is 0.462 e. The number of rotatable bonds is 44. The van der Waals surface area contributed by atoms with Crippen LogP contribution < -0.4 is 0 Å². The van der Waals surface area contributed by atoms with Crippen molar-refractivity contribution in [3.05, 3.63) is 0 Å². The summed E-state index contributed by atoms with van der Waals surface area (Å²) < 4.78 is 16.7. The number of carbonyl (C=O) groups excluding carboxylic acids is 3. The molecule has 6 heteroatoms. The molecule has 0 radical (unpaired) electrons. The van der Waals surface area contributed by atoms with E-state index in [2.05, 4.69) is 27.7 Å². The molecule has 0 N–H and O–H groups in total. The highest BCUT2D eigenvalue weighted by Crippen LogP contribution is 2.16. The van der Waals surface area contributed by atoms with Gasteiger partial charge >= 0.3 is 17.9 Å². The van der Waals surface area contributed by atoms with Crippen molar-refractivity contribution in [2.45, 2.75) is 278 Å². The van der Waals surface area contributed by atoms with Crippen LogP contribution in [0.3, 0.4) is 0 Å². The SMILES string of the molecule is CCCCCCCCCCCCCCC(=O)O[C@@H](COC(=O)CCCCCCCCCCCC)COC(=O)CCCCCCCCCCCCCCC(C)C. The number of ether oxygens (including phenoxy) is 3. The normalized spacial score (nSPS) is 11.9. The number of carbonyl (C=O) groups is 3. The number of esters is 3. The smallest absolute Gasteiger partial charge is 0.306 e. The third kappa shape index (κ3) is 43.4. The lowest BCUT2D eigenvalue weighted by molar-refractivity contribution is -0.167. The molecule has 0 fully saturated rings. The summed E-state index contributed by atoms with van der Waals surface area (Å²) in [4.78, 5) is 37.8. The predicted molar refractivity (Wildman–Crippen MR) is 233 cm³/mol. The fourth-order valence-electron chi connectivity index (χ4n) is 7.33. The minimum atomic E-state index is -0.759. The zero-order valence-electron chi connectivity index (χ0n) is 37.4. The zero-order chi connectivity index (χ0) is 40.3. The van der Waals surface area contributed by atoms with Gasteiger partial charge in [0.1, 0.15) is 13.2 Å². The maximum Gasteiger partial charge on any atom is 0.306 e. The van der Waals surface area contributed by atoms with Crippen molar-refractivity contribution in [2.75, 3.05) is 13.2 Å². The molecule has 0 aromatic rings. The van der Waals surface area contributed by atoms with E-state index in [1.807, 2.05) is 0 Å². The van der Waals surface area contributed by atoms with Crippen molar-refractivity contribution in [1.82, 2.24) is 0 Å². The van der Waals surface area contributed by atoms with Crippen molar-refractivity contribution in [1.29, 1.82) is 0 Å². The van der Waals surface area contributed by atoms with Gasteiger partial charge in [-0.1, -0.05) is 233 Å². The van der Waals surface area contributed by atoms with E-state index in [4.69, 9.17) is 14.2 Å². The van der Waals surface area contributed by atoms with Crippen molar-refractivity contribution in [2.24, 2.45) is 5.92 Å². The minimum Gasteiger partial charge on any atom is -0.462 e. The first-order valence-electron chi connectivity index (χ1n) is 24.4. The summed E-state index contributed by atoms with van der Waals surface area (Å²) in [5.41, 5.74) is 0. The molecule has 326 valence electrons. The predicted octanol–water partition coefficient (Wildman–Crippen LogP) is 15.5. The molecule has 0 saturated carbocycles. The van der Waals surface area contributed by atoms with Crippen molar-refractivity contribution >= 4 is 17.9 Å². The molecule has 0 bridgehead atoms. The third-order valence-electron chi connectivity index (χ3n) is 11.0. The lowest BCUT2D eigenvalue weighted by atomic mass is 10.0. The van der Waals surface area contributed by atoms with Crippen LogP contribution in [-0.2, 0) is 28.6 Å². The Labute approximate surface area is 342 Å². The Morgan fingerprint density at radius 2 is 0.600 bits per heavy atom. The molecule has 0 aromatic heterocycles. The molecule has 0 aromatic carbocycles. The molecule has 0 heterocycles. The Balaban J connectivity index is 4.29. The van der Waals surface area contributed by atoms with Crippen LogP contribution in [0.15, 0.2) is 0 Å². The van der Waals surface area contributed by atoms with Gasteiger partial charge in [-0.3, -0.25) is 14.4 Å². The van der Waals surface area contributed by atoms with Crippen molar-refractivity contribution in [3.63, 3.8) is 0 Å². The number of unbranched alkanes of at least 4 members (excludes halogenated alkanes) is 31. The van der Waals surface area contributed by atoms with Gasteiger partial charge < -0.3 is 14.2 Å². The highest BCUT2D eigenvalue weighted by Gasteiger charge is 2.19. The lowest BCUT2D eigenvalue weighted by Crippen LogP contribution is -2.30. The maximum atomic E-state index is 12.7. The zero-order valence-corrected chi connectivity index (χ0v) is 37.4. The summed E-state index contributed by atoms with van der Waals surface area (Å²) in [5, 5.41) is 0. The Morgan fingerprint density at radius 1 is 0.345 bits per heavy atom. The standard InChI is InChI=1S/C49H94O6/c1-5-7-9-11-13-15-17-21-26-30-34-38-42-49(52)55-46(43-53-47(50)40-36-32-28-24-16-14-12-10-8-6-2)44-54-48(51)41-37-33-29-25-22-19-18-20-23-27-31-35-39-45(3)4/h45-46H,5-44H2,1-4H3/t46-/m0/s1. The minimum absolute atomic E-state index is 0.0632. The second kappa shape index (κ2) is 43.5. The number of hydrogen-bond acceptors (Lipinski definition) is 6. The van der Waals surface area contributed by atoms with E-state index in [0.717, 1.165) is 63.7 Å². The third-order valence-corrected chi connectivity index (χ3v) is 11.0. The summed E-state index contributed by atoms with van der Waals surface area (Å²) in [5.74, 6) is -0.0162. The molecule has 6 nitrogen and oxygen atoms in total. The second-order valence-corrected chi connectivity index (χ2v) is 17.2. The quantitative estimate of drug-likeness (QED) is 0.0348. The van der Waals surface area contributed by atoms with Gasteiger partial charge in [0.15, 0.2) is 6.10 Å². The monoisotopic (exact) mass is 779 g/mol. The Kier molecular flexibility index (Phi) is 42.3. The van der Waals surface area contributed by atoms with Crippen LogP contribution in [0, 0.1) is 5.92 Å². The average Bonchev–Trinajstić information content (AvgIpc) is 3.17. The van der Waals surface area contributed by atoms with Crippen LogP contribution in [0.1, 0.15) is 272 Å². The summed E-state index contributed by atoms with van der Waals surface area (Å²) in [6, 6.07) is 0. The summed E-state index contributed by atoms with van der Waals surface area (Å²) >= 11 is 0. The first kappa shape index (κ1) is 53.4. The summed E-state index contributed by atoms with van der Waals surface area (Å²) in [7, 11) is 0. The Morgan fingerprint density at radius 3 is 0.891 bits per heavy atom. The molecule has 0 saturated heterocycles. The van der Waals surface area contributed by atoms with E-state index < -0.39 is 6.10 Å². The van der Waals surface area contributed by atoms with Gasteiger partial charge in [0.25, 0.3) is 0 Å². The van der Waals surface area contributed by atoms with Crippen LogP contribution in [0.2, 0.25) is 0 Å². The van der Waals surface area contributed by atoms with E-state index in [1.165, 1.54) is 167 Å². The van der Waals surface area contributed by atoms with Crippen LogP contribution >= 0.6 is 0 Å². The van der Waals surface area contributed by atoms with Crippen LogP contribution in [0.5, 0.6) is 0 Å².